The minimum absolute atomic E-state index is 0.108. The molecule has 0 saturated carbocycles. The SMILES string of the molecule is Cc1cc(C(=O)N(C)C[C@@H]2CCn3ccnc3C2)cc(=O)[nH]1. The van der Waals surface area contributed by atoms with Gasteiger partial charge in [-0.2, -0.15) is 0 Å². The molecule has 1 amide bonds. The van der Waals surface area contributed by atoms with E-state index in [9.17, 15) is 9.59 Å². The van der Waals surface area contributed by atoms with E-state index in [2.05, 4.69) is 14.5 Å². The van der Waals surface area contributed by atoms with Crippen LogP contribution in [-0.4, -0.2) is 38.9 Å². The van der Waals surface area contributed by atoms with Crippen LogP contribution in [-0.2, 0) is 13.0 Å². The van der Waals surface area contributed by atoms with E-state index in [1.807, 2.05) is 12.4 Å². The van der Waals surface area contributed by atoms with Gasteiger partial charge in [0.2, 0.25) is 5.56 Å². The summed E-state index contributed by atoms with van der Waals surface area (Å²) in [6.07, 6.45) is 5.75. The first-order valence-electron chi connectivity index (χ1n) is 7.49. The lowest BCUT2D eigenvalue weighted by Crippen LogP contribution is -2.35. The zero-order valence-corrected chi connectivity index (χ0v) is 12.9. The summed E-state index contributed by atoms with van der Waals surface area (Å²) in [5, 5.41) is 0. The molecule has 0 radical (unpaired) electrons. The third kappa shape index (κ3) is 2.95. The van der Waals surface area contributed by atoms with Gasteiger partial charge < -0.3 is 14.5 Å². The molecule has 6 nitrogen and oxygen atoms in total. The van der Waals surface area contributed by atoms with Crippen molar-refractivity contribution in [1.29, 1.82) is 0 Å². The van der Waals surface area contributed by atoms with Gasteiger partial charge in [0.15, 0.2) is 0 Å². The number of rotatable bonds is 3. The number of aromatic nitrogens is 3. The lowest BCUT2D eigenvalue weighted by atomic mass is 9.97. The molecule has 116 valence electrons. The summed E-state index contributed by atoms with van der Waals surface area (Å²) in [5.74, 6) is 1.39. The molecule has 3 heterocycles. The molecule has 0 fully saturated rings. The van der Waals surface area contributed by atoms with Crippen molar-refractivity contribution < 1.29 is 4.79 Å². The highest BCUT2D eigenvalue weighted by atomic mass is 16.2. The van der Waals surface area contributed by atoms with E-state index in [0.29, 0.717) is 23.7 Å². The lowest BCUT2D eigenvalue weighted by molar-refractivity contribution is 0.0763. The van der Waals surface area contributed by atoms with Crippen molar-refractivity contribution in [1.82, 2.24) is 19.4 Å². The van der Waals surface area contributed by atoms with Crippen LogP contribution in [0.1, 0.15) is 28.3 Å². The van der Waals surface area contributed by atoms with Gasteiger partial charge in [0.25, 0.3) is 5.91 Å². The topological polar surface area (TPSA) is 71.0 Å². The van der Waals surface area contributed by atoms with Crippen LogP contribution in [0.3, 0.4) is 0 Å². The number of imidazole rings is 1. The van der Waals surface area contributed by atoms with Gasteiger partial charge in [-0.25, -0.2) is 4.98 Å². The third-order valence-electron chi connectivity index (χ3n) is 4.16. The van der Waals surface area contributed by atoms with Crippen LogP contribution in [0, 0.1) is 12.8 Å². The van der Waals surface area contributed by atoms with E-state index in [0.717, 1.165) is 25.2 Å². The Kier molecular flexibility index (Phi) is 3.83. The smallest absolute Gasteiger partial charge is 0.253 e. The molecule has 0 bridgehead atoms. The number of hydrogen-bond donors (Lipinski definition) is 1. The molecule has 1 aliphatic rings. The Morgan fingerprint density at radius 2 is 2.32 bits per heavy atom. The fourth-order valence-corrected chi connectivity index (χ4v) is 3.07. The first kappa shape index (κ1) is 14.6. The first-order valence-corrected chi connectivity index (χ1v) is 7.49. The van der Waals surface area contributed by atoms with E-state index >= 15 is 0 Å². The highest BCUT2D eigenvalue weighted by Gasteiger charge is 2.23. The first-order chi connectivity index (χ1) is 10.5. The second kappa shape index (κ2) is 5.79. The average Bonchev–Trinajstić information content (AvgIpc) is 2.93. The van der Waals surface area contributed by atoms with E-state index in [4.69, 9.17) is 0 Å². The van der Waals surface area contributed by atoms with Crippen molar-refractivity contribution in [3.05, 3.63) is 52.0 Å². The molecule has 2 aromatic rings. The van der Waals surface area contributed by atoms with Gasteiger partial charge in [-0.1, -0.05) is 0 Å². The molecule has 0 aliphatic carbocycles. The van der Waals surface area contributed by atoms with Crippen LogP contribution in [0.15, 0.2) is 29.3 Å². The Hall–Kier alpha value is -2.37. The summed E-state index contributed by atoms with van der Waals surface area (Å²) < 4.78 is 2.17. The predicted molar refractivity (Wildman–Crippen MR) is 82.8 cm³/mol. The van der Waals surface area contributed by atoms with Crippen LogP contribution in [0.4, 0.5) is 0 Å². The number of fused-ring (bicyclic) bond motifs is 1. The number of aryl methyl sites for hydroxylation is 2. The van der Waals surface area contributed by atoms with Gasteiger partial charge in [0.1, 0.15) is 5.82 Å². The summed E-state index contributed by atoms with van der Waals surface area (Å²) in [5.41, 5.74) is 0.904. The number of amides is 1. The van der Waals surface area contributed by atoms with Gasteiger partial charge in [0, 0.05) is 56.3 Å². The van der Waals surface area contributed by atoms with Gasteiger partial charge in [-0.15, -0.1) is 0 Å². The van der Waals surface area contributed by atoms with Crippen molar-refractivity contribution in [2.45, 2.75) is 26.3 Å². The van der Waals surface area contributed by atoms with Crippen LogP contribution in [0.5, 0.6) is 0 Å². The largest absolute Gasteiger partial charge is 0.341 e. The number of H-pyrrole nitrogens is 1. The van der Waals surface area contributed by atoms with Gasteiger partial charge in [0.05, 0.1) is 0 Å². The summed E-state index contributed by atoms with van der Waals surface area (Å²) in [4.78, 5) is 32.7. The molecule has 0 spiro atoms. The Balaban J connectivity index is 1.68. The van der Waals surface area contributed by atoms with Gasteiger partial charge in [-0.3, -0.25) is 9.59 Å². The maximum atomic E-state index is 12.5. The second-order valence-corrected chi connectivity index (χ2v) is 6.00. The fourth-order valence-electron chi connectivity index (χ4n) is 3.07. The van der Waals surface area contributed by atoms with Crippen LogP contribution < -0.4 is 5.56 Å². The molecule has 1 atom stereocenters. The van der Waals surface area contributed by atoms with E-state index < -0.39 is 0 Å². The zero-order chi connectivity index (χ0) is 15.7. The summed E-state index contributed by atoms with van der Waals surface area (Å²) in [7, 11) is 1.79. The monoisotopic (exact) mass is 300 g/mol. The molecule has 0 saturated heterocycles. The molecule has 1 N–H and O–H groups in total. The summed E-state index contributed by atoms with van der Waals surface area (Å²) in [6, 6.07) is 3.08. The fraction of sp³-hybridized carbons (Fsp3) is 0.438. The molecular weight excluding hydrogens is 280 g/mol. The Morgan fingerprint density at radius 3 is 3.09 bits per heavy atom. The standard InChI is InChI=1S/C16H20N4O2/c1-11-7-13(9-15(21)18-11)16(22)19(2)10-12-3-5-20-6-4-17-14(20)8-12/h4,6-7,9,12H,3,5,8,10H2,1-2H3,(H,18,21)/t12-/m1/s1. The maximum absolute atomic E-state index is 12.5. The highest BCUT2D eigenvalue weighted by Crippen LogP contribution is 2.20. The molecule has 3 rings (SSSR count). The maximum Gasteiger partial charge on any atom is 0.253 e. The number of pyridine rings is 1. The molecule has 0 aromatic carbocycles. The predicted octanol–water partition coefficient (Wildman–Crippen LogP) is 1.21. The third-order valence-corrected chi connectivity index (χ3v) is 4.16. The minimum atomic E-state index is -0.239. The van der Waals surface area contributed by atoms with Gasteiger partial charge >= 0.3 is 0 Å². The Morgan fingerprint density at radius 1 is 1.50 bits per heavy atom. The van der Waals surface area contributed by atoms with E-state index in [1.54, 1.807) is 24.9 Å². The summed E-state index contributed by atoms with van der Waals surface area (Å²) >= 11 is 0. The van der Waals surface area contributed by atoms with Crippen LogP contribution in [0.25, 0.3) is 0 Å². The number of nitrogens with one attached hydrogen (secondary N) is 1. The lowest BCUT2D eigenvalue weighted by Gasteiger charge is -2.27. The van der Waals surface area contributed by atoms with E-state index in [-0.39, 0.29) is 11.5 Å². The highest BCUT2D eigenvalue weighted by molar-refractivity contribution is 5.94. The average molecular weight is 300 g/mol. The molecule has 6 heteroatoms. The Bertz CT molecular complexity index is 747. The van der Waals surface area contributed by atoms with E-state index in [1.165, 1.54) is 6.07 Å². The molecular formula is C16H20N4O2. The number of nitrogens with zero attached hydrogens (tertiary/aromatic N) is 3. The number of carbonyl (C=O) groups is 1. The molecule has 0 unspecified atom stereocenters. The molecule has 1 aliphatic heterocycles. The number of hydrogen-bond acceptors (Lipinski definition) is 3. The van der Waals surface area contributed by atoms with Crippen molar-refractivity contribution in [3.8, 4) is 0 Å². The van der Waals surface area contributed by atoms with Crippen molar-refractivity contribution in [2.75, 3.05) is 13.6 Å². The van der Waals surface area contributed by atoms with Crippen LogP contribution >= 0.6 is 0 Å². The molecule has 22 heavy (non-hydrogen) atoms. The number of aromatic amines is 1. The molecule has 2 aromatic heterocycles. The quantitative estimate of drug-likeness (QED) is 0.926. The normalized spacial score (nSPS) is 17.1. The Labute approximate surface area is 128 Å². The van der Waals surface area contributed by atoms with Crippen molar-refractivity contribution >= 4 is 5.91 Å². The van der Waals surface area contributed by atoms with Crippen molar-refractivity contribution in [2.24, 2.45) is 5.92 Å². The van der Waals surface area contributed by atoms with Crippen LogP contribution in [0.2, 0.25) is 0 Å². The van der Waals surface area contributed by atoms with Crippen molar-refractivity contribution in [3.63, 3.8) is 0 Å². The second-order valence-electron chi connectivity index (χ2n) is 6.00. The number of carbonyl (C=O) groups excluding carboxylic acids is 1. The minimum Gasteiger partial charge on any atom is -0.341 e. The summed E-state index contributed by atoms with van der Waals surface area (Å²) in [6.45, 7) is 3.41. The zero-order valence-electron chi connectivity index (χ0n) is 12.9. The van der Waals surface area contributed by atoms with Gasteiger partial charge in [-0.05, 0) is 25.3 Å².